The van der Waals surface area contributed by atoms with E-state index in [0.717, 1.165) is 31.5 Å². The largest absolute Gasteiger partial charge is 0.373 e. The van der Waals surface area contributed by atoms with Gasteiger partial charge in [-0.3, -0.25) is 9.59 Å². The van der Waals surface area contributed by atoms with E-state index in [1.165, 1.54) is 5.56 Å². The predicted octanol–water partition coefficient (Wildman–Crippen LogP) is 1.01. The van der Waals surface area contributed by atoms with Gasteiger partial charge in [0, 0.05) is 32.2 Å². The van der Waals surface area contributed by atoms with Crippen LogP contribution in [-0.4, -0.2) is 42.9 Å². The van der Waals surface area contributed by atoms with Crippen LogP contribution in [0.15, 0.2) is 24.3 Å². The zero-order valence-electron chi connectivity index (χ0n) is 12.3. The number of nitrogens with zero attached hydrogens (tertiary/aromatic N) is 1. The third-order valence-electron chi connectivity index (χ3n) is 4.42. The van der Waals surface area contributed by atoms with Crippen molar-refractivity contribution in [2.45, 2.75) is 25.3 Å². The molecule has 21 heavy (non-hydrogen) atoms. The second-order valence-electron chi connectivity index (χ2n) is 5.80. The Labute approximate surface area is 124 Å². The lowest BCUT2D eigenvalue weighted by Crippen LogP contribution is -2.49. The molecular formula is C16H21N3O2. The summed E-state index contributed by atoms with van der Waals surface area (Å²) in [5.41, 5.74) is 2.24. The predicted molar refractivity (Wildman–Crippen MR) is 80.9 cm³/mol. The summed E-state index contributed by atoms with van der Waals surface area (Å²) in [6.45, 7) is 1.29. The van der Waals surface area contributed by atoms with Crippen LogP contribution in [0.1, 0.15) is 18.4 Å². The van der Waals surface area contributed by atoms with Gasteiger partial charge in [0.05, 0.1) is 5.92 Å². The zero-order valence-corrected chi connectivity index (χ0v) is 12.3. The third kappa shape index (κ3) is 2.73. The van der Waals surface area contributed by atoms with Crippen molar-refractivity contribution in [1.82, 2.24) is 10.2 Å². The summed E-state index contributed by atoms with van der Waals surface area (Å²) < 4.78 is 0. The number of hydrogen-bond donors (Lipinski definition) is 2. The lowest BCUT2D eigenvalue weighted by atomic mass is 9.96. The van der Waals surface area contributed by atoms with Gasteiger partial charge in [-0.1, -0.05) is 18.2 Å². The number of piperidine rings is 1. The maximum absolute atomic E-state index is 12.7. The number of carbonyl (C=O) groups excluding carboxylic acids is 2. The van der Waals surface area contributed by atoms with Crippen LogP contribution in [0.5, 0.6) is 0 Å². The first-order chi connectivity index (χ1) is 10.2. The summed E-state index contributed by atoms with van der Waals surface area (Å²) in [4.78, 5) is 26.3. The molecule has 0 spiro atoms. The number of hydrogen-bond acceptors (Lipinski definition) is 3. The van der Waals surface area contributed by atoms with Gasteiger partial charge >= 0.3 is 0 Å². The van der Waals surface area contributed by atoms with Gasteiger partial charge in [-0.05, 0) is 24.5 Å². The highest BCUT2D eigenvalue weighted by atomic mass is 16.2. The van der Waals surface area contributed by atoms with Gasteiger partial charge in [0.25, 0.3) is 0 Å². The Kier molecular flexibility index (Phi) is 3.82. The van der Waals surface area contributed by atoms with Gasteiger partial charge < -0.3 is 15.5 Å². The van der Waals surface area contributed by atoms with Crippen molar-refractivity contribution >= 4 is 17.5 Å². The molecule has 1 aromatic rings. The van der Waals surface area contributed by atoms with Crippen LogP contribution in [-0.2, 0) is 16.0 Å². The molecule has 2 heterocycles. The summed E-state index contributed by atoms with van der Waals surface area (Å²) in [5.74, 6) is 0.0754. The van der Waals surface area contributed by atoms with Crippen molar-refractivity contribution in [3.8, 4) is 0 Å². The van der Waals surface area contributed by atoms with Crippen molar-refractivity contribution in [3.05, 3.63) is 29.8 Å². The molecule has 1 fully saturated rings. The number of fused-ring (bicyclic) bond motifs is 1. The zero-order chi connectivity index (χ0) is 14.8. The van der Waals surface area contributed by atoms with E-state index < -0.39 is 0 Å². The molecule has 3 rings (SSSR count). The van der Waals surface area contributed by atoms with E-state index in [1.807, 2.05) is 23.1 Å². The Morgan fingerprint density at radius 2 is 2.14 bits per heavy atom. The van der Waals surface area contributed by atoms with Gasteiger partial charge in [0.2, 0.25) is 11.8 Å². The fourth-order valence-corrected chi connectivity index (χ4v) is 3.26. The van der Waals surface area contributed by atoms with Crippen molar-refractivity contribution < 1.29 is 9.59 Å². The van der Waals surface area contributed by atoms with E-state index in [4.69, 9.17) is 0 Å². The lowest BCUT2D eigenvalue weighted by Gasteiger charge is -2.33. The van der Waals surface area contributed by atoms with Crippen molar-refractivity contribution in [3.63, 3.8) is 0 Å². The van der Waals surface area contributed by atoms with E-state index in [-0.39, 0.29) is 23.8 Å². The standard InChI is InChI=1S/C16H21N3O2/c1-17-15(20)12-6-4-8-19(10-12)16(21)14-9-11-5-2-3-7-13(11)18-14/h2-3,5,7,12,14,18H,4,6,8-10H2,1H3,(H,17,20)/t12?,14-/m0/s1. The molecule has 2 amide bonds. The fourth-order valence-electron chi connectivity index (χ4n) is 3.26. The van der Waals surface area contributed by atoms with E-state index >= 15 is 0 Å². The molecule has 0 saturated carbocycles. The average molecular weight is 287 g/mol. The number of anilines is 1. The number of benzene rings is 1. The minimum Gasteiger partial charge on any atom is -0.373 e. The summed E-state index contributed by atoms with van der Waals surface area (Å²) in [6.07, 6.45) is 2.49. The first-order valence-corrected chi connectivity index (χ1v) is 7.54. The van der Waals surface area contributed by atoms with Gasteiger partial charge in [-0.25, -0.2) is 0 Å². The van der Waals surface area contributed by atoms with Crippen LogP contribution in [0.4, 0.5) is 5.69 Å². The van der Waals surface area contributed by atoms with Gasteiger partial charge in [0.1, 0.15) is 6.04 Å². The van der Waals surface area contributed by atoms with E-state index in [9.17, 15) is 9.59 Å². The Hall–Kier alpha value is -2.04. The molecule has 0 radical (unpaired) electrons. The van der Waals surface area contributed by atoms with Gasteiger partial charge in [-0.2, -0.15) is 0 Å². The quantitative estimate of drug-likeness (QED) is 0.853. The van der Waals surface area contributed by atoms with E-state index in [0.29, 0.717) is 6.54 Å². The average Bonchev–Trinajstić information content (AvgIpc) is 2.97. The molecular weight excluding hydrogens is 266 g/mol. The number of likely N-dealkylation sites (tertiary alicyclic amines) is 1. The van der Waals surface area contributed by atoms with Crippen LogP contribution in [0.25, 0.3) is 0 Å². The molecule has 1 aromatic carbocycles. The third-order valence-corrected chi connectivity index (χ3v) is 4.42. The summed E-state index contributed by atoms with van der Waals surface area (Å²) >= 11 is 0. The number of nitrogens with one attached hydrogen (secondary N) is 2. The minimum absolute atomic E-state index is 0.0372. The summed E-state index contributed by atoms with van der Waals surface area (Å²) in [7, 11) is 1.65. The number of amides is 2. The van der Waals surface area contributed by atoms with E-state index in [1.54, 1.807) is 7.05 Å². The summed E-state index contributed by atoms with van der Waals surface area (Å²) in [6, 6.07) is 7.84. The molecule has 0 aliphatic carbocycles. The number of carbonyl (C=O) groups is 2. The van der Waals surface area contributed by atoms with Crippen LogP contribution in [0.3, 0.4) is 0 Å². The monoisotopic (exact) mass is 287 g/mol. The van der Waals surface area contributed by atoms with Crippen LogP contribution in [0.2, 0.25) is 0 Å². The van der Waals surface area contributed by atoms with Crippen LogP contribution >= 0.6 is 0 Å². The molecule has 112 valence electrons. The molecule has 5 heteroatoms. The second kappa shape index (κ2) is 5.76. The summed E-state index contributed by atoms with van der Waals surface area (Å²) in [5, 5.41) is 5.98. The lowest BCUT2D eigenvalue weighted by molar-refractivity contribution is -0.136. The van der Waals surface area contributed by atoms with Gasteiger partial charge in [0.15, 0.2) is 0 Å². The van der Waals surface area contributed by atoms with Crippen molar-refractivity contribution in [1.29, 1.82) is 0 Å². The molecule has 2 atom stereocenters. The highest BCUT2D eigenvalue weighted by Gasteiger charge is 2.34. The molecule has 2 N–H and O–H groups in total. The van der Waals surface area contributed by atoms with Crippen LogP contribution < -0.4 is 10.6 Å². The molecule has 0 bridgehead atoms. The topological polar surface area (TPSA) is 61.4 Å². The number of rotatable bonds is 2. The number of para-hydroxylation sites is 1. The van der Waals surface area contributed by atoms with Crippen molar-refractivity contribution in [2.75, 3.05) is 25.5 Å². The first kappa shape index (κ1) is 13.9. The first-order valence-electron chi connectivity index (χ1n) is 7.54. The Morgan fingerprint density at radius 1 is 1.33 bits per heavy atom. The maximum atomic E-state index is 12.7. The maximum Gasteiger partial charge on any atom is 0.245 e. The molecule has 5 nitrogen and oxygen atoms in total. The molecule has 0 aromatic heterocycles. The molecule has 2 aliphatic heterocycles. The van der Waals surface area contributed by atoms with Crippen LogP contribution in [0, 0.1) is 5.92 Å². The molecule has 1 unspecified atom stereocenters. The van der Waals surface area contributed by atoms with Gasteiger partial charge in [-0.15, -0.1) is 0 Å². The normalized spacial score (nSPS) is 24.1. The molecule has 1 saturated heterocycles. The SMILES string of the molecule is CNC(=O)C1CCCN(C(=O)[C@@H]2Cc3ccccc3N2)C1. The smallest absolute Gasteiger partial charge is 0.245 e. The highest BCUT2D eigenvalue weighted by molar-refractivity contribution is 5.88. The molecule has 2 aliphatic rings. The van der Waals surface area contributed by atoms with E-state index in [2.05, 4.69) is 16.7 Å². The second-order valence-corrected chi connectivity index (χ2v) is 5.80. The fraction of sp³-hybridized carbons (Fsp3) is 0.500. The highest BCUT2D eigenvalue weighted by Crippen LogP contribution is 2.27. The Bertz CT molecular complexity index is 533. The Balaban J connectivity index is 1.65. The minimum atomic E-state index is -0.189. The van der Waals surface area contributed by atoms with Crippen molar-refractivity contribution in [2.24, 2.45) is 5.92 Å². The Morgan fingerprint density at radius 3 is 2.90 bits per heavy atom.